The van der Waals surface area contributed by atoms with E-state index in [1.165, 1.54) is 0 Å². The highest BCUT2D eigenvalue weighted by Gasteiger charge is 2.10. The van der Waals surface area contributed by atoms with Crippen LogP contribution in [0.2, 0.25) is 0 Å². The molecule has 0 saturated carbocycles. The summed E-state index contributed by atoms with van der Waals surface area (Å²) >= 11 is 0. The Hall–Kier alpha value is -2.04. The first-order chi connectivity index (χ1) is 11.5. The van der Waals surface area contributed by atoms with E-state index in [0.717, 1.165) is 20.9 Å². The first kappa shape index (κ1) is 16.8. The lowest BCUT2D eigenvalue weighted by molar-refractivity contribution is 0.681. The summed E-state index contributed by atoms with van der Waals surface area (Å²) in [6.07, 6.45) is 0. The maximum atomic E-state index is 12.6. The van der Waals surface area contributed by atoms with E-state index < -0.39 is 21.6 Å². The van der Waals surface area contributed by atoms with Crippen LogP contribution < -0.4 is 0 Å². The summed E-state index contributed by atoms with van der Waals surface area (Å²) < 4.78 is 25.2. The standard InChI is InChI=1S/C20H18O2S2/c1-15-3-7-17(8-4-15)23(21)19-11-13-20(14-12-19)24(22)18-9-5-16(2)6-10-18/h3-14H,1-2H3. The molecule has 0 spiro atoms. The molecule has 3 aromatic carbocycles. The zero-order valence-electron chi connectivity index (χ0n) is 13.6. The molecule has 0 amide bonds. The summed E-state index contributed by atoms with van der Waals surface area (Å²) in [4.78, 5) is 2.97. The van der Waals surface area contributed by atoms with E-state index in [0.29, 0.717) is 9.79 Å². The molecular formula is C20H18O2S2. The van der Waals surface area contributed by atoms with E-state index in [9.17, 15) is 8.42 Å². The highest BCUT2D eigenvalue weighted by atomic mass is 32.2. The third-order valence-electron chi connectivity index (χ3n) is 3.72. The Morgan fingerprint density at radius 1 is 0.458 bits per heavy atom. The van der Waals surface area contributed by atoms with Gasteiger partial charge in [0.2, 0.25) is 0 Å². The number of rotatable bonds is 4. The van der Waals surface area contributed by atoms with Crippen molar-refractivity contribution < 1.29 is 8.42 Å². The Morgan fingerprint density at radius 3 is 0.917 bits per heavy atom. The fraction of sp³-hybridized carbons (Fsp3) is 0.100. The van der Waals surface area contributed by atoms with Crippen LogP contribution in [0.25, 0.3) is 0 Å². The fourth-order valence-electron chi connectivity index (χ4n) is 2.28. The zero-order valence-corrected chi connectivity index (χ0v) is 15.2. The summed E-state index contributed by atoms with van der Waals surface area (Å²) in [6, 6.07) is 22.5. The van der Waals surface area contributed by atoms with Crippen molar-refractivity contribution in [2.75, 3.05) is 0 Å². The molecule has 0 bridgehead atoms. The van der Waals surface area contributed by atoms with E-state index in [4.69, 9.17) is 0 Å². The fourth-order valence-corrected chi connectivity index (χ4v) is 4.36. The van der Waals surface area contributed by atoms with Gasteiger partial charge in [0, 0.05) is 19.6 Å². The molecule has 24 heavy (non-hydrogen) atoms. The first-order valence-electron chi connectivity index (χ1n) is 7.61. The molecule has 0 fully saturated rings. The average Bonchev–Trinajstić information content (AvgIpc) is 2.62. The van der Waals surface area contributed by atoms with Crippen LogP contribution in [-0.4, -0.2) is 8.42 Å². The molecule has 3 aromatic rings. The van der Waals surface area contributed by atoms with E-state index in [1.807, 2.05) is 62.4 Å². The summed E-state index contributed by atoms with van der Waals surface area (Å²) in [5, 5.41) is 0. The predicted molar refractivity (Wildman–Crippen MR) is 98.1 cm³/mol. The molecule has 2 atom stereocenters. The van der Waals surface area contributed by atoms with Gasteiger partial charge in [-0.05, 0) is 62.4 Å². The minimum atomic E-state index is -1.22. The largest absolute Gasteiger partial charge is 0.249 e. The van der Waals surface area contributed by atoms with Crippen LogP contribution in [0.1, 0.15) is 11.1 Å². The van der Waals surface area contributed by atoms with Gasteiger partial charge in [0.05, 0.1) is 21.6 Å². The normalized spacial score (nSPS) is 13.4. The van der Waals surface area contributed by atoms with Crippen LogP contribution in [-0.2, 0) is 21.6 Å². The molecule has 4 heteroatoms. The maximum Gasteiger partial charge on any atom is 0.0849 e. The van der Waals surface area contributed by atoms with Crippen molar-refractivity contribution in [2.24, 2.45) is 0 Å². The molecule has 2 nitrogen and oxygen atoms in total. The van der Waals surface area contributed by atoms with E-state index >= 15 is 0 Å². The van der Waals surface area contributed by atoms with Crippen LogP contribution in [0.3, 0.4) is 0 Å². The molecule has 0 aliphatic rings. The van der Waals surface area contributed by atoms with E-state index in [1.54, 1.807) is 24.3 Å². The molecule has 0 N–H and O–H groups in total. The molecule has 0 aromatic heterocycles. The molecule has 0 saturated heterocycles. The first-order valence-corrected chi connectivity index (χ1v) is 9.91. The predicted octanol–water partition coefficient (Wildman–Crippen LogP) is 4.64. The van der Waals surface area contributed by atoms with Crippen molar-refractivity contribution in [1.82, 2.24) is 0 Å². The van der Waals surface area contributed by atoms with Crippen molar-refractivity contribution in [2.45, 2.75) is 33.4 Å². The molecule has 3 rings (SSSR count). The number of aryl methyl sites for hydroxylation is 2. The Balaban J connectivity index is 1.82. The van der Waals surface area contributed by atoms with Crippen molar-refractivity contribution >= 4 is 21.6 Å². The zero-order chi connectivity index (χ0) is 17.1. The second-order valence-corrected chi connectivity index (χ2v) is 8.60. The van der Waals surface area contributed by atoms with Gasteiger partial charge in [-0.3, -0.25) is 0 Å². The summed E-state index contributed by atoms with van der Waals surface area (Å²) in [7, 11) is -2.45. The maximum absolute atomic E-state index is 12.6. The molecule has 0 heterocycles. The van der Waals surface area contributed by atoms with Crippen LogP contribution in [0.4, 0.5) is 0 Å². The van der Waals surface area contributed by atoms with Crippen molar-refractivity contribution in [3.63, 3.8) is 0 Å². The highest BCUT2D eigenvalue weighted by Crippen LogP contribution is 2.21. The molecular weight excluding hydrogens is 336 g/mol. The quantitative estimate of drug-likeness (QED) is 0.684. The van der Waals surface area contributed by atoms with Crippen LogP contribution in [0, 0.1) is 13.8 Å². The second kappa shape index (κ2) is 7.24. The lowest BCUT2D eigenvalue weighted by Crippen LogP contribution is -1.96. The van der Waals surface area contributed by atoms with Gasteiger partial charge >= 0.3 is 0 Å². The molecule has 0 aliphatic heterocycles. The van der Waals surface area contributed by atoms with Gasteiger partial charge < -0.3 is 0 Å². The second-order valence-electron chi connectivity index (χ2n) is 5.63. The highest BCUT2D eigenvalue weighted by molar-refractivity contribution is 7.85. The van der Waals surface area contributed by atoms with Gasteiger partial charge in [-0.1, -0.05) is 35.4 Å². The Kier molecular flexibility index (Phi) is 5.07. The van der Waals surface area contributed by atoms with Crippen LogP contribution >= 0.6 is 0 Å². The number of hydrogen-bond acceptors (Lipinski definition) is 2. The van der Waals surface area contributed by atoms with Gasteiger partial charge in [0.15, 0.2) is 0 Å². The third kappa shape index (κ3) is 3.71. The minimum absolute atomic E-state index is 0.712. The van der Waals surface area contributed by atoms with Crippen molar-refractivity contribution in [3.8, 4) is 0 Å². The molecule has 2 unspecified atom stereocenters. The Bertz CT molecular complexity index is 804. The SMILES string of the molecule is Cc1ccc(S(=O)c2ccc(S(=O)c3ccc(C)cc3)cc2)cc1. The van der Waals surface area contributed by atoms with Crippen LogP contribution in [0.15, 0.2) is 92.4 Å². The average molecular weight is 354 g/mol. The van der Waals surface area contributed by atoms with E-state index in [-0.39, 0.29) is 0 Å². The molecule has 0 aliphatic carbocycles. The molecule has 122 valence electrons. The summed E-state index contributed by atoms with van der Waals surface area (Å²) in [5.74, 6) is 0. The number of hydrogen-bond donors (Lipinski definition) is 0. The van der Waals surface area contributed by atoms with Gasteiger partial charge in [-0.15, -0.1) is 0 Å². The van der Waals surface area contributed by atoms with E-state index in [2.05, 4.69) is 0 Å². The van der Waals surface area contributed by atoms with Gasteiger partial charge in [-0.2, -0.15) is 0 Å². The van der Waals surface area contributed by atoms with Crippen LogP contribution in [0.5, 0.6) is 0 Å². The van der Waals surface area contributed by atoms with Crippen molar-refractivity contribution in [1.29, 1.82) is 0 Å². The Morgan fingerprint density at radius 2 is 0.667 bits per heavy atom. The third-order valence-corrected chi connectivity index (χ3v) is 6.52. The Labute approximate surface area is 147 Å². The summed E-state index contributed by atoms with van der Waals surface area (Å²) in [5.41, 5.74) is 2.28. The molecule has 0 radical (unpaired) electrons. The summed E-state index contributed by atoms with van der Waals surface area (Å²) in [6.45, 7) is 4.00. The number of benzene rings is 3. The minimum Gasteiger partial charge on any atom is -0.249 e. The van der Waals surface area contributed by atoms with Crippen molar-refractivity contribution in [3.05, 3.63) is 83.9 Å². The topological polar surface area (TPSA) is 34.1 Å². The lowest BCUT2D eigenvalue weighted by Gasteiger charge is -2.06. The van der Waals surface area contributed by atoms with Gasteiger partial charge in [-0.25, -0.2) is 8.42 Å². The van der Waals surface area contributed by atoms with Gasteiger partial charge in [0.25, 0.3) is 0 Å². The van der Waals surface area contributed by atoms with Gasteiger partial charge in [0.1, 0.15) is 0 Å². The monoisotopic (exact) mass is 354 g/mol. The smallest absolute Gasteiger partial charge is 0.0849 e. The lowest BCUT2D eigenvalue weighted by atomic mass is 10.2.